The zero-order valence-electron chi connectivity index (χ0n) is 17.7. The van der Waals surface area contributed by atoms with E-state index in [0.29, 0.717) is 23.3 Å². The first-order chi connectivity index (χ1) is 14.1. The van der Waals surface area contributed by atoms with Gasteiger partial charge in [0.2, 0.25) is 0 Å². The van der Waals surface area contributed by atoms with Gasteiger partial charge in [-0.2, -0.15) is 0 Å². The van der Waals surface area contributed by atoms with E-state index in [0.717, 1.165) is 15.7 Å². The van der Waals surface area contributed by atoms with E-state index < -0.39 is 23.8 Å². The van der Waals surface area contributed by atoms with Crippen LogP contribution in [0.25, 0.3) is 0 Å². The molecule has 1 aromatic carbocycles. The average molecular weight is 476 g/mol. The number of ether oxygens (including phenoxy) is 2. The highest BCUT2D eigenvalue weighted by Gasteiger charge is 2.47. The Morgan fingerprint density at radius 2 is 1.97 bits per heavy atom. The van der Waals surface area contributed by atoms with E-state index in [1.54, 1.807) is 13.8 Å². The van der Waals surface area contributed by atoms with E-state index in [1.165, 1.54) is 7.11 Å². The Balaban J connectivity index is 2.19. The van der Waals surface area contributed by atoms with Gasteiger partial charge in [-0.3, -0.25) is 9.59 Å². The predicted molar refractivity (Wildman–Crippen MR) is 115 cm³/mol. The molecule has 0 saturated carbocycles. The number of ketones is 1. The monoisotopic (exact) mass is 475 g/mol. The molecule has 0 amide bonds. The van der Waals surface area contributed by atoms with Crippen molar-refractivity contribution in [1.29, 1.82) is 0 Å². The first-order valence-electron chi connectivity index (χ1n) is 9.95. The summed E-state index contributed by atoms with van der Waals surface area (Å²) in [6.45, 7) is 7.24. The summed E-state index contributed by atoms with van der Waals surface area (Å²) in [5.74, 6) is -3.08. The summed E-state index contributed by atoms with van der Waals surface area (Å²) in [7, 11) is 1.28. The molecule has 160 valence electrons. The number of rotatable bonds is 4. The molecular formula is C23H26BrNO5. The number of allylic oxidation sites excluding steroid dienone is 3. The smallest absolute Gasteiger partial charge is 0.337 e. The van der Waals surface area contributed by atoms with E-state index in [2.05, 4.69) is 21.2 Å². The van der Waals surface area contributed by atoms with E-state index in [-0.39, 0.29) is 17.8 Å². The van der Waals surface area contributed by atoms with Crippen molar-refractivity contribution >= 4 is 33.7 Å². The number of hydrogen-bond acceptors (Lipinski definition) is 6. The Morgan fingerprint density at radius 1 is 1.27 bits per heavy atom. The highest BCUT2D eigenvalue weighted by atomic mass is 79.9. The fraction of sp³-hybridized carbons (Fsp3) is 0.435. The van der Waals surface area contributed by atoms with Gasteiger partial charge in [-0.1, -0.05) is 35.0 Å². The minimum Gasteiger partial charge on any atom is -0.468 e. The van der Waals surface area contributed by atoms with Crippen LogP contribution in [0.15, 0.2) is 51.3 Å². The maximum Gasteiger partial charge on any atom is 0.337 e. The van der Waals surface area contributed by atoms with Gasteiger partial charge in [-0.05, 0) is 50.8 Å². The Morgan fingerprint density at radius 3 is 2.57 bits per heavy atom. The van der Waals surface area contributed by atoms with E-state index in [9.17, 15) is 14.4 Å². The number of halogens is 1. The maximum atomic E-state index is 13.6. The third kappa shape index (κ3) is 4.08. The summed E-state index contributed by atoms with van der Waals surface area (Å²) in [6.07, 6.45) is 0.205. The molecule has 1 aromatic rings. The number of dihydropyridines is 1. The van der Waals surface area contributed by atoms with Crippen LogP contribution in [0.3, 0.4) is 0 Å². The highest BCUT2D eigenvalue weighted by molar-refractivity contribution is 9.10. The van der Waals surface area contributed by atoms with Gasteiger partial charge in [0.05, 0.1) is 18.8 Å². The molecule has 1 aliphatic carbocycles. The van der Waals surface area contributed by atoms with Crippen molar-refractivity contribution in [2.75, 3.05) is 7.11 Å². The summed E-state index contributed by atoms with van der Waals surface area (Å²) >= 11 is 3.48. The lowest BCUT2D eigenvalue weighted by atomic mass is 9.69. The van der Waals surface area contributed by atoms with Gasteiger partial charge in [0.15, 0.2) is 5.78 Å². The minimum absolute atomic E-state index is 0.212. The predicted octanol–water partition coefficient (Wildman–Crippen LogP) is 4.01. The topological polar surface area (TPSA) is 81.7 Å². The van der Waals surface area contributed by atoms with Crippen molar-refractivity contribution in [2.24, 2.45) is 11.8 Å². The summed E-state index contributed by atoms with van der Waals surface area (Å²) < 4.78 is 11.2. The maximum absolute atomic E-state index is 13.6. The van der Waals surface area contributed by atoms with Crippen LogP contribution in [0.1, 0.15) is 45.6 Å². The van der Waals surface area contributed by atoms with Gasteiger partial charge in [0.1, 0.15) is 5.92 Å². The van der Waals surface area contributed by atoms with Gasteiger partial charge in [0.25, 0.3) is 0 Å². The molecule has 3 rings (SSSR count). The lowest BCUT2D eigenvalue weighted by Gasteiger charge is -2.38. The number of benzene rings is 1. The molecule has 0 unspecified atom stereocenters. The number of carbonyl (C=O) groups excluding carboxylic acids is 3. The fourth-order valence-corrected chi connectivity index (χ4v) is 4.67. The van der Waals surface area contributed by atoms with Crippen LogP contribution in [0.5, 0.6) is 0 Å². The average Bonchev–Trinajstić information content (AvgIpc) is 2.65. The molecule has 1 aliphatic heterocycles. The third-order valence-corrected chi connectivity index (χ3v) is 5.98. The molecule has 30 heavy (non-hydrogen) atoms. The van der Waals surface area contributed by atoms with E-state index in [4.69, 9.17) is 9.47 Å². The molecule has 1 heterocycles. The van der Waals surface area contributed by atoms with Gasteiger partial charge >= 0.3 is 11.9 Å². The summed E-state index contributed by atoms with van der Waals surface area (Å²) in [5, 5.41) is 3.25. The van der Waals surface area contributed by atoms with E-state index >= 15 is 0 Å². The second-order valence-corrected chi connectivity index (χ2v) is 8.96. The Bertz CT molecular complexity index is 962. The first-order valence-corrected chi connectivity index (χ1v) is 10.7. The Labute approximate surface area is 184 Å². The van der Waals surface area contributed by atoms with Crippen molar-refractivity contribution in [1.82, 2.24) is 5.32 Å². The molecular weight excluding hydrogens is 450 g/mol. The molecule has 0 aromatic heterocycles. The zero-order valence-corrected chi connectivity index (χ0v) is 19.3. The zero-order chi connectivity index (χ0) is 22.2. The molecule has 1 N–H and O–H groups in total. The quantitative estimate of drug-likeness (QED) is 0.523. The first kappa shape index (κ1) is 22.3. The van der Waals surface area contributed by atoms with E-state index in [1.807, 2.05) is 38.1 Å². The van der Waals surface area contributed by atoms with Crippen molar-refractivity contribution in [2.45, 2.75) is 46.1 Å². The van der Waals surface area contributed by atoms with Crippen LogP contribution < -0.4 is 5.32 Å². The summed E-state index contributed by atoms with van der Waals surface area (Å²) in [6, 6.07) is 7.50. The van der Waals surface area contributed by atoms with Crippen molar-refractivity contribution in [3.05, 3.63) is 56.8 Å². The van der Waals surface area contributed by atoms with Crippen molar-refractivity contribution in [3.63, 3.8) is 0 Å². The second kappa shape index (κ2) is 8.76. The molecule has 7 heteroatoms. The standard InChI is InChI=1S/C23H26BrNO5/c1-11(2)30-23(28)18-13(4)25-16-9-12(3)17(22(27)29-5)21(26)20(16)19(18)14-7-6-8-15(24)10-14/h6-8,10-12,17,19,25H,9H2,1-5H3/t12-,17-,19-/m1/s1. The molecule has 0 fully saturated rings. The van der Waals surface area contributed by atoms with Crippen molar-refractivity contribution in [3.8, 4) is 0 Å². The van der Waals surface area contributed by atoms with Gasteiger partial charge in [-0.25, -0.2) is 4.79 Å². The Kier molecular flexibility index (Phi) is 6.50. The highest BCUT2D eigenvalue weighted by Crippen LogP contribution is 2.45. The molecule has 0 saturated heterocycles. The molecule has 0 bridgehead atoms. The third-order valence-electron chi connectivity index (χ3n) is 5.49. The van der Waals surface area contributed by atoms with Gasteiger partial charge in [-0.15, -0.1) is 0 Å². The number of methoxy groups -OCH3 is 1. The number of nitrogens with one attached hydrogen (secondary N) is 1. The fourth-order valence-electron chi connectivity index (χ4n) is 4.25. The minimum atomic E-state index is -0.897. The molecule has 0 spiro atoms. The number of carbonyl (C=O) groups is 3. The summed E-state index contributed by atoms with van der Waals surface area (Å²) in [4.78, 5) is 39.0. The lowest BCUT2D eigenvalue weighted by molar-refractivity contribution is -0.151. The van der Waals surface area contributed by atoms with Gasteiger partial charge < -0.3 is 14.8 Å². The van der Waals surface area contributed by atoms with Crippen LogP contribution >= 0.6 is 15.9 Å². The number of hydrogen-bond donors (Lipinski definition) is 1. The van der Waals surface area contributed by atoms with Crippen LogP contribution in [0, 0.1) is 11.8 Å². The van der Waals surface area contributed by atoms with Crippen molar-refractivity contribution < 1.29 is 23.9 Å². The van der Waals surface area contributed by atoms with Crippen LogP contribution in [-0.4, -0.2) is 30.9 Å². The largest absolute Gasteiger partial charge is 0.468 e. The van der Waals surface area contributed by atoms with Crippen LogP contribution in [0.4, 0.5) is 0 Å². The second-order valence-electron chi connectivity index (χ2n) is 8.04. The van der Waals surface area contributed by atoms with Crippen LogP contribution in [0.2, 0.25) is 0 Å². The molecule has 3 atom stereocenters. The molecule has 2 aliphatic rings. The normalized spacial score (nSPS) is 23.8. The molecule has 6 nitrogen and oxygen atoms in total. The summed E-state index contributed by atoms with van der Waals surface area (Å²) in [5.41, 5.74) is 2.99. The van der Waals surface area contributed by atoms with Crippen LogP contribution in [-0.2, 0) is 23.9 Å². The SMILES string of the molecule is COC(=O)[C@H]1C(=O)C2=C(C[C@H]1C)NC(C)=C(C(=O)OC(C)C)[C@H]2c1cccc(Br)c1. The van der Waals surface area contributed by atoms with Gasteiger partial charge in [0, 0.05) is 27.4 Å². The Hall–Kier alpha value is -2.41. The lowest BCUT2D eigenvalue weighted by Crippen LogP contribution is -2.43. The number of esters is 2. The molecule has 0 radical (unpaired) electrons. The number of Topliss-reactive ketones (excluding diaryl/α,β-unsaturated/α-hetero) is 1.